The Labute approximate surface area is 146 Å². The first kappa shape index (κ1) is 18.2. The van der Waals surface area contributed by atoms with Crippen molar-refractivity contribution in [2.24, 2.45) is 5.16 Å². The highest BCUT2D eigenvalue weighted by Gasteiger charge is 2.16. The van der Waals surface area contributed by atoms with E-state index in [0.29, 0.717) is 11.3 Å². The molecule has 3 N–H and O–H groups in total. The molecule has 0 aliphatic carbocycles. The van der Waals surface area contributed by atoms with Crippen molar-refractivity contribution in [3.8, 4) is 0 Å². The lowest BCUT2D eigenvalue weighted by atomic mass is 10.1. The zero-order chi connectivity index (χ0) is 18.1. The zero-order valence-corrected chi connectivity index (χ0v) is 14.0. The van der Waals surface area contributed by atoms with Gasteiger partial charge in [0.15, 0.2) is 0 Å². The van der Waals surface area contributed by atoms with Crippen LogP contribution in [0.3, 0.4) is 0 Å². The minimum Gasteiger partial charge on any atom is -0.313 e. The Morgan fingerprint density at radius 2 is 1.60 bits per heavy atom. The highest BCUT2D eigenvalue weighted by molar-refractivity contribution is 5.90. The molecule has 0 aliphatic rings. The Morgan fingerprint density at radius 3 is 2.24 bits per heavy atom. The van der Waals surface area contributed by atoms with Crippen LogP contribution in [0.4, 0.5) is 10.5 Å². The molecule has 130 valence electrons. The summed E-state index contributed by atoms with van der Waals surface area (Å²) in [5.74, 6) is -0.553. The number of anilines is 1. The first-order chi connectivity index (χ1) is 12.0. The third-order valence-electron chi connectivity index (χ3n) is 3.05. The van der Waals surface area contributed by atoms with Crippen LogP contribution < -0.4 is 16.2 Å². The quantitative estimate of drug-likeness (QED) is 0.428. The van der Waals surface area contributed by atoms with Crippen LogP contribution >= 0.6 is 0 Å². The third kappa shape index (κ3) is 6.44. The van der Waals surface area contributed by atoms with Crippen LogP contribution in [0.5, 0.6) is 0 Å². The van der Waals surface area contributed by atoms with Crippen molar-refractivity contribution in [2.45, 2.75) is 19.4 Å². The number of oxime groups is 1. The fourth-order valence-corrected chi connectivity index (χ4v) is 1.77. The highest BCUT2D eigenvalue weighted by atomic mass is 16.7. The normalized spacial score (nSPS) is 11.1. The van der Waals surface area contributed by atoms with Crippen LogP contribution in [-0.4, -0.2) is 23.8 Å². The van der Waals surface area contributed by atoms with Gasteiger partial charge in [0, 0.05) is 5.69 Å². The Morgan fingerprint density at radius 1 is 1.00 bits per heavy atom. The van der Waals surface area contributed by atoms with Crippen LogP contribution in [-0.2, 0) is 4.84 Å². The fraction of sp³-hybridized carbons (Fsp3) is 0.167. The maximum atomic E-state index is 11.8. The molecule has 2 rings (SSSR count). The maximum absolute atomic E-state index is 11.8. The van der Waals surface area contributed by atoms with E-state index in [-0.39, 0.29) is 0 Å². The van der Waals surface area contributed by atoms with E-state index in [9.17, 15) is 9.59 Å². The summed E-state index contributed by atoms with van der Waals surface area (Å²) < 4.78 is 0. The lowest BCUT2D eigenvalue weighted by Crippen LogP contribution is -2.52. The van der Waals surface area contributed by atoms with E-state index in [2.05, 4.69) is 21.3 Å². The third-order valence-corrected chi connectivity index (χ3v) is 3.05. The Kier molecular flexibility index (Phi) is 6.25. The molecule has 2 aromatic carbocycles. The van der Waals surface area contributed by atoms with Gasteiger partial charge < -0.3 is 10.2 Å². The van der Waals surface area contributed by atoms with Crippen molar-refractivity contribution in [3.63, 3.8) is 0 Å². The Balaban J connectivity index is 1.78. The SMILES string of the molecule is CC(C)(C=NOC(=O)c1ccccc1)NNC(=O)Nc1ccccc1. The molecule has 0 spiro atoms. The minimum absolute atomic E-state index is 0.408. The van der Waals surface area contributed by atoms with Crippen molar-refractivity contribution < 1.29 is 14.4 Å². The number of para-hydroxylation sites is 1. The van der Waals surface area contributed by atoms with E-state index in [4.69, 9.17) is 4.84 Å². The predicted molar refractivity (Wildman–Crippen MR) is 96.2 cm³/mol. The summed E-state index contributed by atoms with van der Waals surface area (Å²) >= 11 is 0. The number of hydrazine groups is 1. The maximum Gasteiger partial charge on any atom is 0.365 e. The largest absolute Gasteiger partial charge is 0.365 e. The van der Waals surface area contributed by atoms with E-state index < -0.39 is 17.5 Å². The molecule has 7 heteroatoms. The van der Waals surface area contributed by atoms with E-state index >= 15 is 0 Å². The van der Waals surface area contributed by atoms with Crippen LogP contribution in [0.15, 0.2) is 65.8 Å². The summed E-state index contributed by atoms with van der Waals surface area (Å²) in [7, 11) is 0. The van der Waals surface area contributed by atoms with Gasteiger partial charge in [0.1, 0.15) is 0 Å². The number of hydrogen-bond acceptors (Lipinski definition) is 5. The minimum atomic E-state index is -0.731. The monoisotopic (exact) mass is 340 g/mol. The number of benzene rings is 2. The topological polar surface area (TPSA) is 91.8 Å². The van der Waals surface area contributed by atoms with Crippen molar-refractivity contribution in [2.75, 3.05) is 5.32 Å². The summed E-state index contributed by atoms with van der Waals surface area (Å²) in [5.41, 5.74) is 5.65. The number of carbonyl (C=O) groups excluding carboxylic acids is 2. The van der Waals surface area contributed by atoms with Crippen LogP contribution in [0.25, 0.3) is 0 Å². The van der Waals surface area contributed by atoms with E-state index in [0.717, 1.165) is 0 Å². The molecule has 25 heavy (non-hydrogen) atoms. The van der Waals surface area contributed by atoms with Crippen molar-refractivity contribution in [1.29, 1.82) is 0 Å². The molecule has 0 aliphatic heterocycles. The van der Waals surface area contributed by atoms with E-state index in [1.54, 1.807) is 56.3 Å². The molecule has 0 fully saturated rings. The zero-order valence-electron chi connectivity index (χ0n) is 14.0. The van der Waals surface area contributed by atoms with Gasteiger partial charge in [-0.05, 0) is 38.1 Å². The second kappa shape index (κ2) is 8.60. The molecular weight excluding hydrogens is 320 g/mol. The van der Waals surface area contributed by atoms with Crippen LogP contribution in [0.2, 0.25) is 0 Å². The molecule has 0 unspecified atom stereocenters. The molecule has 0 saturated carbocycles. The molecule has 0 heterocycles. The molecular formula is C18H20N4O3. The molecule has 7 nitrogen and oxygen atoms in total. The molecule has 2 aromatic rings. The molecule has 0 atom stereocenters. The van der Waals surface area contributed by atoms with E-state index in [1.807, 2.05) is 18.2 Å². The lowest BCUT2D eigenvalue weighted by molar-refractivity contribution is 0.0516. The first-order valence-electron chi connectivity index (χ1n) is 7.66. The number of hydrogen-bond donors (Lipinski definition) is 3. The van der Waals surface area contributed by atoms with Crippen molar-refractivity contribution in [1.82, 2.24) is 10.9 Å². The number of nitrogens with zero attached hydrogens (tertiary/aromatic N) is 1. The van der Waals surface area contributed by atoms with Crippen molar-refractivity contribution >= 4 is 23.9 Å². The summed E-state index contributed by atoms with van der Waals surface area (Å²) in [6.07, 6.45) is 1.39. The van der Waals surface area contributed by atoms with Gasteiger partial charge in [-0.3, -0.25) is 5.43 Å². The number of amides is 2. The van der Waals surface area contributed by atoms with Gasteiger partial charge in [-0.2, -0.15) is 0 Å². The number of nitrogens with one attached hydrogen (secondary N) is 3. The van der Waals surface area contributed by atoms with E-state index in [1.165, 1.54) is 6.21 Å². The van der Waals surface area contributed by atoms with Gasteiger partial charge in [0.25, 0.3) is 0 Å². The predicted octanol–water partition coefficient (Wildman–Crippen LogP) is 2.93. The average molecular weight is 340 g/mol. The first-order valence-corrected chi connectivity index (χ1v) is 7.66. The molecule has 2 amide bonds. The van der Waals surface area contributed by atoms with Crippen LogP contribution in [0, 0.1) is 0 Å². The lowest BCUT2D eigenvalue weighted by Gasteiger charge is -2.21. The average Bonchev–Trinajstić information content (AvgIpc) is 2.61. The van der Waals surface area contributed by atoms with Gasteiger partial charge in [0.2, 0.25) is 0 Å². The second-order valence-electron chi connectivity index (χ2n) is 5.77. The van der Waals surface area contributed by atoms with Gasteiger partial charge in [-0.15, -0.1) is 0 Å². The number of rotatable bonds is 6. The number of urea groups is 1. The Hall–Kier alpha value is -3.19. The highest BCUT2D eigenvalue weighted by Crippen LogP contribution is 2.05. The molecule has 0 aromatic heterocycles. The van der Waals surface area contributed by atoms with Gasteiger partial charge in [-0.25, -0.2) is 15.0 Å². The molecule has 0 radical (unpaired) electrons. The standard InChI is InChI=1S/C18H20N4O3/c1-18(2,13-19-25-16(23)14-9-5-3-6-10-14)22-21-17(24)20-15-11-7-4-8-12-15/h3-13,22H,1-2H3,(H2,20,21,24). The summed E-state index contributed by atoms with van der Waals surface area (Å²) in [6.45, 7) is 3.52. The van der Waals surface area contributed by atoms with Crippen LogP contribution in [0.1, 0.15) is 24.2 Å². The summed E-state index contributed by atoms with van der Waals surface area (Å²) in [6, 6.07) is 17.2. The fourth-order valence-electron chi connectivity index (χ4n) is 1.77. The molecule has 0 saturated heterocycles. The number of carbonyl (C=O) groups is 2. The van der Waals surface area contributed by atoms with Gasteiger partial charge in [0.05, 0.1) is 17.3 Å². The second-order valence-corrected chi connectivity index (χ2v) is 5.77. The Bertz CT molecular complexity index is 731. The van der Waals surface area contributed by atoms with Gasteiger partial charge in [-0.1, -0.05) is 41.6 Å². The van der Waals surface area contributed by atoms with Gasteiger partial charge >= 0.3 is 12.0 Å². The van der Waals surface area contributed by atoms with Crippen molar-refractivity contribution in [3.05, 3.63) is 66.2 Å². The molecule has 0 bridgehead atoms. The summed E-state index contributed by atoms with van der Waals surface area (Å²) in [5, 5.41) is 6.34. The summed E-state index contributed by atoms with van der Waals surface area (Å²) in [4.78, 5) is 28.4. The smallest absolute Gasteiger partial charge is 0.313 e.